The molecule has 4 fully saturated rings. The van der Waals surface area contributed by atoms with Crippen molar-refractivity contribution < 1.29 is 31.4 Å². The molecule has 2 nitrogen and oxygen atoms in total. The van der Waals surface area contributed by atoms with Gasteiger partial charge in [-0.3, -0.25) is 0 Å². The first-order valence-corrected chi connectivity index (χ1v) is 12.5. The second kappa shape index (κ2) is 11.7. The van der Waals surface area contributed by atoms with Crippen LogP contribution in [0.3, 0.4) is 0 Å². The zero-order chi connectivity index (χ0) is 20.5. The van der Waals surface area contributed by atoms with E-state index in [4.69, 9.17) is 0 Å². The molecule has 0 aliphatic heterocycles. The van der Waals surface area contributed by atoms with Crippen molar-refractivity contribution in [2.24, 2.45) is 41.4 Å². The van der Waals surface area contributed by atoms with Crippen LogP contribution in [0.4, 0.5) is 17.6 Å². The Labute approximate surface area is 188 Å². The van der Waals surface area contributed by atoms with Gasteiger partial charge < -0.3 is 11.0 Å². The highest BCUT2D eigenvalue weighted by Gasteiger charge is 2.46. The van der Waals surface area contributed by atoms with E-state index < -0.39 is 24.7 Å². The smallest absolute Gasteiger partial charge is 0.162 e. The van der Waals surface area contributed by atoms with E-state index in [2.05, 4.69) is 6.92 Å². The first kappa shape index (κ1) is 26.9. The molecule has 31 heavy (non-hydrogen) atoms. The predicted molar refractivity (Wildman–Crippen MR) is 121 cm³/mol. The van der Waals surface area contributed by atoms with Gasteiger partial charge in [-0.2, -0.15) is 0 Å². The molecule has 0 amide bonds. The number of halogens is 4. The van der Waals surface area contributed by atoms with E-state index in [1.54, 1.807) is 0 Å². The van der Waals surface area contributed by atoms with E-state index in [0.29, 0.717) is 18.3 Å². The van der Waals surface area contributed by atoms with Gasteiger partial charge in [-0.05, 0) is 112 Å². The molecule has 0 saturated heterocycles. The molecular formula is C25H48F4O2. The average Bonchev–Trinajstić information content (AvgIpc) is 2.72. The van der Waals surface area contributed by atoms with Crippen LogP contribution in [0, 0.1) is 41.4 Å². The van der Waals surface area contributed by atoms with Crippen LogP contribution < -0.4 is 0 Å². The van der Waals surface area contributed by atoms with Gasteiger partial charge in [0.15, 0.2) is 6.17 Å². The minimum atomic E-state index is -2.01. The van der Waals surface area contributed by atoms with Gasteiger partial charge in [0.2, 0.25) is 0 Å². The van der Waals surface area contributed by atoms with Crippen LogP contribution in [0.15, 0.2) is 0 Å². The predicted octanol–water partition coefficient (Wildman–Crippen LogP) is 6.64. The summed E-state index contributed by atoms with van der Waals surface area (Å²) in [6.07, 6.45) is 6.49. The summed E-state index contributed by atoms with van der Waals surface area (Å²) in [5.41, 5.74) is 0. The van der Waals surface area contributed by atoms with Crippen LogP contribution in [-0.2, 0) is 0 Å². The number of hydrogen-bond donors (Lipinski definition) is 0. The van der Waals surface area contributed by atoms with Crippen molar-refractivity contribution in [3.63, 3.8) is 0 Å². The Kier molecular flexibility index (Phi) is 10.1. The summed E-state index contributed by atoms with van der Waals surface area (Å²) in [6.45, 7) is 2.38. The van der Waals surface area contributed by atoms with Crippen LogP contribution in [0.1, 0.15) is 93.2 Å². The molecule has 0 aromatic heterocycles. The molecule has 4 N–H and O–H groups in total. The van der Waals surface area contributed by atoms with Gasteiger partial charge >= 0.3 is 0 Å². The Morgan fingerprint density at radius 1 is 0.484 bits per heavy atom. The number of hydrogen-bond acceptors (Lipinski definition) is 0. The standard InChI is InChI=1S/C25H40F4.2H2O.2H2/c1-15-2-4-16(5-3-15)17-6-8-18(9-7-17)19-10-11-21(22(26)12-19)20-13-23(27)25(29)24(28)14-20;;;;/h15-25H,2-14H2,1H3;2*1H2;2*1H. The first-order chi connectivity index (χ1) is 13.9. The molecule has 0 aromatic carbocycles. The molecule has 0 radical (unpaired) electrons. The second-order valence-corrected chi connectivity index (χ2v) is 11.2. The van der Waals surface area contributed by atoms with Crippen molar-refractivity contribution >= 4 is 0 Å². The summed E-state index contributed by atoms with van der Waals surface area (Å²) in [5, 5.41) is 0. The van der Waals surface area contributed by atoms with Gasteiger partial charge in [-0.1, -0.05) is 19.8 Å². The Bertz CT molecular complexity index is 519. The molecule has 0 spiro atoms. The van der Waals surface area contributed by atoms with Gasteiger partial charge in [-0.25, -0.2) is 17.6 Å². The average molecular weight is 457 g/mol. The lowest BCUT2D eigenvalue weighted by Crippen LogP contribution is -2.43. The normalized spacial score (nSPS) is 48.9. The largest absolute Gasteiger partial charge is 0.412 e. The van der Waals surface area contributed by atoms with E-state index in [1.807, 2.05) is 0 Å². The van der Waals surface area contributed by atoms with Crippen molar-refractivity contribution in [2.75, 3.05) is 0 Å². The zero-order valence-electron chi connectivity index (χ0n) is 19.1. The van der Waals surface area contributed by atoms with Crippen LogP contribution in [0.25, 0.3) is 0 Å². The van der Waals surface area contributed by atoms with Gasteiger partial charge in [0.25, 0.3) is 0 Å². The number of alkyl halides is 4. The second-order valence-electron chi connectivity index (χ2n) is 11.2. The minimum absolute atomic E-state index is 0. The highest BCUT2D eigenvalue weighted by atomic mass is 19.2. The lowest BCUT2D eigenvalue weighted by Gasteiger charge is -2.44. The van der Waals surface area contributed by atoms with E-state index >= 15 is 4.39 Å². The SMILES string of the molecule is CC1CCC(C2CCC(C3CCC(C4CC(F)C(F)C(F)C4)C(F)C3)CC2)CC1.O.O.[HH].[HH]. The van der Waals surface area contributed by atoms with Crippen molar-refractivity contribution in [1.82, 2.24) is 0 Å². The Balaban J connectivity index is 0.00000256. The fraction of sp³-hybridized carbons (Fsp3) is 1.00. The molecule has 0 bridgehead atoms. The fourth-order valence-electron chi connectivity index (χ4n) is 7.48. The molecule has 4 saturated carbocycles. The molecule has 0 heterocycles. The first-order valence-electron chi connectivity index (χ1n) is 12.5. The van der Waals surface area contributed by atoms with Crippen LogP contribution >= 0.6 is 0 Å². The Hall–Kier alpha value is -0.360. The van der Waals surface area contributed by atoms with Crippen LogP contribution in [0.2, 0.25) is 0 Å². The summed E-state index contributed by atoms with van der Waals surface area (Å²) in [4.78, 5) is 0. The maximum Gasteiger partial charge on any atom is 0.162 e. The zero-order valence-corrected chi connectivity index (χ0v) is 19.1. The van der Waals surface area contributed by atoms with E-state index in [1.165, 1.54) is 51.4 Å². The summed E-state index contributed by atoms with van der Waals surface area (Å²) < 4.78 is 56.1. The summed E-state index contributed by atoms with van der Waals surface area (Å²) in [6, 6.07) is 0. The molecule has 4 aliphatic rings. The van der Waals surface area contributed by atoms with Gasteiger partial charge in [0.05, 0.1) is 0 Å². The summed E-state index contributed by atoms with van der Waals surface area (Å²) in [5.74, 6) is 3.19. The highest BCUT2D eigenvalue weighted by Crippen LogP contribution is 2.49. The summed E-state index contributed by atoms with van der Waals surface area (Å²) in [7, 11) is 0. The monoisotopic (exact) mass is 456 g/mol. The van der Waals surface area contributed by atoms with Crippen molar-refractivity contribution in [3.8, 4) is 0 Å². The van der Waals surface area contributed by atoms with Crippen molar-refractivity contribution in [1.29, 1.82) is 0 Å². The highest BCUT2D eigenvalue weighted by molar-refractivity contribution is 4.95. The third-order valence-electron chi connectivity index (χ3n) is 9.43. The van der Waals surface area contributed by atoms with Crippen LogP contribution in [-0.4, -0.2) is 35.6 Å². The lowest BCUT2D eigenvalue weighted by atomic mass is 9.63. The fourth-order valence-corrected chi connectivity index (χ4v) is 7.48. The van der Waals surface area contributed by atoms with E-state index in [-0.39, 0.29) is 38.5 Å². The molecule has 4 rings (SSSR count). The topological polar surface area (TPSA) is 63.0 Å². The molecular weight excluding hydrogens is 408 g/mol. The number of rotatable bonds is 3. The lowest BCUT2D eigenvalue weighted by molar-refractivity contribution is -0.0292. The third kappa shape index (κ3) is 6.16. The molecule has 6 heteroatoms. The molecule has 188 valence electrons. The maximum atomic E-state index is 15.1. The maximum absolute atomic E-state index is 15.1. The molecule has 5 unspecified atom stereocenters. The van der Waals surface area contributed by atoms with Crippen molar-refractivity contribution in [3.05, 3.63) is 0 Å². The Morgan fingerprint density at radius 2 is 0.871 bits per heavy atom. The molecule has 4 aliphatic carbocycles. The van der Waals surface area contributed by atoms with Gasteiger partial charge in [0, 0.05) is 2.85 Å². The third-order valence-corrected chi connectivity index (χ3v) is 9.43. The Morgan fingerprint density at radius 3 is 1.35 bits per heavy atom. The van der Waals surface area contributed by atoms with E-state index in [0.717, 1.165) is 30.6 Å². The van der Waals surface area contributed by atoms with E-state index in [9.17, 15) is 13.2 Å². The molecule has 0 aromatic rings. The van der Waals surface area contributed by atoms with Crippen molar-refractivity contribution in [2.45, 2.75) is 115 Å². The minimum Gasteiger partial charge on any atom is -0.412 e. The van der Waals surface area contributed by atoms with Gasteiger partial charge in [0.1, 0.15) is 18.5 Å². The molecule has 5 atom stereocenters. The van der Waals surface area contributed by atoms with Crippen LogP contribution in [0.5, 0.6) is 0 Å². The quantitative estimate of drug-likeness (QED) is 0.427. The van der Waals surface area contributed by atoms with Gasteiger partial charge in [-0.15, -0.1) is 0 Å². The summed E-state index contributed by atoms with van der Waals surface area (Å²) >= 11 is 0.